The summed E-state index contributed by atoms with van der Waals surface area (Å²) < 4.78 is 5.50. The van der Waals surface area contributed by atoms with Crippen LogP contribution in [0.3, 0.4) is 0 Å². The maximum Gasteiger partial charge on any atom is 0.159 e. The zero-order chi connectivity index (χ0) is 13.0. The lowest BCUT2D eigenvalue weighted by molar-refractivity contribution is 0.0922. The average molecular weight is 248 g/mol. The molecule has 0 aromatic heterocycles. The molecule has 1 saturated heterocycles. The second-order valence-electron chi connectivity index (χ2n) is 4.61. The summed E-state index contributed by atoms with van der Waals surface area (Å²) in [6, 6.07) is 8.09. The Kier molecular flexibility index (Phi) is 4.33. The lowest BCUT2D eigenvalue weighted by Gasteiger charge is -2.37. The van der Waals surface area contributed by atoms with Crippen LogP contribution in [0.4, 0.5) is 5.69 Å². The van der Waals surface area contributed by atoms with Gasteiger partial charge in [0.05, 0.1) is 19.3 Å². The van der Waals surface area contributed by atoms with Crippen LogP contribution >= 0.6 is 0 Å². The Balaban J connectivity index is 2.22. The van der Waals surface area contributed by atoms with Gasteiger partial charge in [0, 0.05) is 17.8 Å². The molecule has 1 aromatic rings. The molecule has 2 N–H and O–H groups in total. The largest absolute Gasteiger partial charge is 0.377 e. The van der Waals surface area contributed by atoms with E-state index in [9.17, 15) is 4.79 Å². The summed E-state index contributed by atoms with van der Waals surface area (Å²) in [4.78, 5) is 13.7. The number of anilines is 1. The highest BCUT2D eigenvalue weighted by Crippen LogP contribution is 2.22. The van der Waals surface area contributed by atoms with Gasteiger partial charge in [-0.15, -0.1) is 0 Å². The number of benzene rings is 1. The molecule has 1 heterocycles. The maximum absolute atomic E-state index is 11.4. The van der Waals surface area contributed by atoms with Gasteiger partial charge in [-0.1, -0.05) is 12.1 Å². The highest BCUT2D eigenvalue weighted by Gasteiger charge is 2.22. The molecule has 1 fully saturated rings. The van der Waals surface area contributed by atoms with E-state index < -0.39 is 0 Å². The minimum Gasteiger partial charge on any atom is -0.377 e. The van der Waals surface area contributed by atoms with E-state index in [4.69, 9.17) is 10.5 Å². The van der Waals surface area contributed by atoms with E-state index in [-0.39, 0.29) is 5.78 Å². The number of carbonyl (C=O) groups is 1. The normalized spacial score (nSPS) is 19.9. The fourth-order valence-corrected chi connectivity index (χ4v) is 2.33. The van der Waals surface area contributed by atoms with Gasteiger partial charge in [-0.2, -0.15) is 0 Å². The second kappa shape index (κ2) is 5.98. The predicted octanol–water partition coefficient (Wildman–Crippen LogP) is 1.44. The standard InChI is InChI=1S/C14H20N2O2/c1-11(17)12-3-2-4-13(9-12)16-7-8-18-10-14(16)5-6-15/h2-4,9,14H,5-8,10,15H2,1H3. The number of Topliss-reactive ketones (excluding diaryl/α,β-unsaturated/α-hetero) is 1. The van der Waals surface area contributed by atoms with E-state index in [1.807, 2.05) is 24.3 Å². The van der Waals surface area contributed by atoms with Crippen molar-refractivity contribution in [2.45, 2.75) is 19.4 Å². The van der Waals surface area contributed by atoms with Gasteiger partial charge in [0.25, 0.3) is 0 Å². The molecular formula is C14H20N2O2. The predicted molar refractivity (Wildman–Crippen MR) is 72.1 cm³/mol. The molecule has 98 valence electrons. The Morgan fingerprint density at radius 1 is 1.56 bits per heavy atom. The van der Waals surface area contributed by atoms with Gasteiger partial charge in [-0.3, -0.25) is 4.79 Å². The first-order valence-corrected chi connectivity index (χ1v) is 6.38. The van der Waals surface area contributed by atoms with E-state index >= 15 is 0 Å². The molecule has 1 aliphatic heterocycles. The summed E-state index contributed by atoms with van der Waals surface area (Å²) >= 11 is 0. The zero-order valence-corrected chi connectivity index (χ0v) is 10.8. The molecule has 0 bridgehead atoms. The van der Waals surface area contributed by atoms with Crippen molar-refractivity contribution in [3.8, 4) is 0 Å². The topological polar surface area (TPSA) is 55.6 Å². The minimum absolute atomic E-state index is 0.0977. The van der Waals surface area contributed by atoms with E-state index in [0.29, 0.717) is 19.2 Å². The van der Waals surface area contributed by atoms with Crippen molar-refractivity contribution in [3.05, 3.63) is 29.8 Å². The van der Waals surface area contributed by atoms with Crippen molar-refractivity contribution in [1.82, 2.24) is 0 Å². The van der Waals surface area contributed by atoms with Crippen molar-refractivity contribution in [2.24, 2.45) is 5.73 Å². The number of nitrogens with two attached hydrogens (primary N) is 1. The SMILES string of the molecule is CC(=O)c1cccc(N2CCOCC2CCN)c1. The van der Waals surface area contributed by atoms with Crippen LogP contribution in [0.2, 0.25) is 0 Å². The number of carbonyl (C=O) groups excluding carboxylic acids is 1. The van der Waals surface area contributed by atoms with E-state index in [2.05, 4.69) is 4.90 Å². The molecule has 4 nitrogen and oxygen atoms in total. The number of morpholine rings is 1. The number of ether oxygens (including phenoxy) is 1. The molecule has 4 heteroatoms. The molecule has 1 atom stereocenters. The Bertz CT molecular complexity index is 418. The molecular weight excluding hydrogens is 228 g/mol. The van der Waals surface area contributed by atoms with Crippen molar-refractivity contribution < 1.29 is 9.53 Å². The lowest BCUT2D eigenvalue weighted by atomic mass is 10.1. The molecule has 0 spiro atoms. The van der Waals surface area contributed by atoms with E-state index in [0.717, 1.165) is 30.8 Å². The average Bonchev–Trinajstić information content (AvgIpc) is 2.40. The molecule has 18 heavy (non-hydrogen) atoms. The van der Waals surface area contributed by atoms with Gasteiger partial charge in [0.15, 0.2) is 5.78 Å². The van der Waals surface area contributed by atoms with Gasteiger partial charge in [0.2, 0.25) is 0 Å². The summed E-state index contributed by atoms with van der Waals surface area (Å²) in [6.45, 7) is 4.53. The monoisotopic (exact) mass is 248 g/mol. The van der Waals surface area contributed by atoms with Crippen LogP contribution in [0.1, 0.15) is 23.7 Å². The minimum atomic E-state index is 0.0977. The van der Waals surface area contributed by atoms with Crippen LogP contribution in [-0.4, -0.2) is 38.1 Å². The van der Waals surface area contributed by atoms with Crippen LogP contribution < -0.4 is 10.6 Å². The van der Waals surface area contributed by atoms with Gasteiger partial charge in [-0.05, 0) is 32.0 Å². The van der Waals surface area contributed by atoms with Crippen LogP contribution in [0.25, 0.3) is 0 Å². The smallest absolute Gasteiger partial charge is 0.159 e. The number of rotatable bonds is 4. The maximum atomic E-state index is 11.4. The highest BCUT2D eigenvalue weighted by atomic mass is 16.5. The number of nitrogens with zero attached hydrogens (tertiary/aromatic N) is 1. The first-order valence-electron chi connectivity index (χ1n) is 6.38. The van der Waals surface area contributed by atoms with Crippen molar-refractivity contribution >= 4 is 11.5 Å². The van der Waals surface area contributed by atoms with Gasteiger partial charge in [0.1, 0.15) is 0 Å². The van der Waals surface area contributed by atoms with Crippen LogP contribution in [0.15, 0.2) is 24.3 Å². The molecule has 1 aliphatic rings. The van der Waals surface area contributed by atoms with Crippen LogP contribution in [0, 0.1) is 0 Å². The van der Waals surface area contributed by atoms with Crippen molar-refractivity contribution in [2.75, 3.05) is 31.2 Å². The third-order valence-corrected chi connectivity index (χ3v) is 3.31. The summed E-state index contributed by atoms with van der Waals surface area (Å²) in [5, 5.41) is 0. The van der Waals surface area contributed by atoms with E-state index in [1.54, 1.807) is 6.92 Å². The Hall–Kier alpha value is -1.39. The first kappa shape index (κ1) is 13.1. The zero-order valence-electron chi connectivity index (χ0n) is 10.8. The first-order chi connectivity index (χ1) is 8.72. The molecule has 1 unspecified atom stereocenters. The number of hydrogen-bond donors (Lipinski definition) is 1. The third-order valence-electron chi connectivity index (χ3n) is 3.31. The highest BCUT2D eigenvalue weighted by molar-refractivity contribution is 5.95. The second-order valence-corrected chi connectivity index (χ2v) is 4.61. The van der Waals surface area contributed by atoms with Crippen molar-refractivity contribution in [3.63, 3.8) is 0 Å². The fourth-order valence-electron chi connectivity index (χ4n) is 2.33. The Morgan fingerprint density at radius 2 is 2.39 bits per heavy atom. The lowest BCUT2D eigenvalue weighted by Crippen LogP contribution is -2.46. The van der Waals surface area contributed by atoms with Crippen molar-refractivity contribution in [1.29, 1.82) is 0 Å². The van der Waals surface area contributed by atoms with E-state index in [1.165, 1.54) is 0 Å². The third kappa shape index (κ3) is 2.89. The summed E-state index contributed by atoms with van der Waals surface area (Å²) in [5.41, 5.74) is 7.48. The van der Waals surface area contributed by atoms with Crippen LogP contribution in [-0.2, 0) is 4.74 Å². The summed E-state index contributed by atoms with van der Waals surface area (Å²) in [6.07, 6.45) is 0.907. The fraction of sp³-hybridized carbons (Fsp3) is 0.500. The Labute approximate surface area is 108 Å². The number of ketones is 1. The van der Waals surface area contributed by atoms with Gasteiger partial charge in [-0.25, -0.2) is 0 Å². The van der Waals surface area contributed by atoms with Crippen LogP contribution in [0.5, 0.6) is 0 Å². The summed E-state index contributed by atoms with van der Waals surface area (Å²) in [7, 11) is 0. The molecule has 0 aliphatic carbocycles. The molecule has 2 rings (SSSR count). The van der Waals surface area contributed by atoms with Gasteiger partial charge >= 0.3 is 0 Å². The molecule has 0 radical (unpaired) electrons. The quantitative estimate of drug-likeness (QED) is 0.819. The molecule has 0 amide bonds. The summed E-state index contributed by atoms with van der Waals surface area (Å²) in [5.74, 6) is 0.0977. The molecule has 1 aromatic carbocycles. The molecule has 0 saturated carbocycles. The Morgan fingerprint density at radius 3 is 3.11 bits per heavy atom. The van der Waals surface area contributed by atoms with Gasteiger partial charge < -0.3 is 15.4 Å². The number of hydrogen-bond acceptors (Lipinski definition) is 4.